The van der Waals surface area contributed by atoms with Gasteiger partial charge in [-0.1, -0.05) is 0 Å². The van der Waals surface area contributed by atoms with Crippen LogP contribution < -0.4 is 10.6 Å². The molecule has 1 atom stereocenters. The molecule has 98 valence electrons. The van der Waals surface area contributed by atoms with Crippen LogP contribution in [0.25, 0.3) is 0 Å². The van der Waals surface area contributed by atoms with Gasteiger partial charge in [-0.3, -0.25) is 0 Å². The van der Waals surface area contributed by atoms with Crippen LogP contribution in [0.2, 0.25) is 0 Å². The Labute approximate surface area is 103 Å². The van der Waals surface area contributed by atoms with Crippen molar-refractivity contribution in [3.8, 4) is 0 Å². The van der Waals surface area contributed by atoms with Gasteiger partial charge in [0.15, 0.2) is 0 Å². The molecule has 0 aromatic rings. The van der Waals surface area contributed by atoms with Gasteiger partial charge in [-0.15, -0.1) is 0 Å². The van der Waals surface area contributed by atoms with Gasteiger partial charge in [-0.05, 0) is 65.0 Å². The molecule has 1 spiro atoms. The summed E-state index contributed by atoms with van der Waals surface area (Å²) in [6.45, 7) is 7.84. The smallest absolute Gasteiger partial charge is 0.407 e. The lowest BCUT2D eigenvalue weighted by Crippen LogP contribution is -2.59. The lowest BCUT2D eigenvalue weighted by Gasteiger charge is -2.52. The zero-order valence-electron chi connectivity index (χ0n) is 11.1. The molecule has 0 aromatic carbocycles. The zero-order chi connectivity index (χ0) is 12.5. The maximum atomic E-state index is 11.7. The minimum Gasteiger partial charge on any atom is -0.444 e. The van der Waals surface area contributed by atoms with Gasteiger partial charge in [-0.2, -0.15) is 0 Å². The number of hydrogen-bond donors (Lipinski definition) is 2. The van der Waals surface area contributed by atoms with Gasteiger partial charge >= 0.3 is 6.09 Å². The summed E-state index contributed by atoms with van der Waals surface area (Å²) in [5.74, 6) is 0. The van der Waals surface area contributed by atoms with Crippen LogP contribution in [0.15, 0.2) is 0 Å². The third-order valence-corrected chi connectivity index (χ3v) is 3.96. The number of alkyl carbamates (subject to hydrolysis) is 1. The number of ether oxygens (including phenoxy) is 1. The predicted octanol–water partition coefficient (Wildman–Crippen LogP) is 2.04. The van der Waals surface area contributed by atoms with Crippen molar-refractivity contribution in [2.45, 2.75) is 58.1 Å². The van der Waals surface area contributed by atoms with E-state index < -0.39 is 5.60 Å². The first kappa shape index (κ1) is 12.7. The summed E-state index contributed by atoms with van der Waals surface area (Å²) in [6, 6.07) is 0.319. The second-order valence-electron chi connectivity index (χ2n) is 6.35. The van der Waals surface area contributed by atoms with Gasteiger partial charge in [0.2, 0.25) is 0 Å². The Kier molecular flexibility index (Phi) is 3.34. The summed E-state index contributed by atoms with van der Waals surface area (Å²) < 4.78 is 5.31. The number of amides is 1. The Balaban J connectivity index is 1.85. The van der Waals surface area contributed by atoms with Gasteiger partial charge in [0.25, 0.3) is 0 Å². The highest BCUT2D eigenvalue weighted by molar-refractivity contribution is 5.68. The van der Waals surface area contributed by atoms with Gasteiger partial charge in [0.1, 0.15) is 5.60 Å². The molecule has 17 heavy (non-hydrogen) atoms. The molecule has 2 N–H and O–H groups in total. The first-order chi connectivity index (χ1) is 7.91. The van der Waals surface area contributed by atoms with Crippen LogP contribution in [0.4, 0.5) is 4.79 Å². The molecule has 1 aliphatic carbocycles. The van der Waals surface area contributed by atoms with Crippen molar-refractivity contribution in [1.82, 2.24) is 10.6 Å². The van der Waals surface area contributed by atoms with Crippen LogP contribution in [-0.2, 0) is 4.74 Å². The molecule has 4 heteroatoms. The number of rotatable bonds is 1. The highest BCUT2D eigenvalue weighted by Crippen LogP contribution is 2.47. The van der Waals surface area contributed by atoms with E-state index in [1.165, 1.54) is 19.3 Å². The molecule has 1 aliphatic heterocycles. The van der Waals surface area contributed by atoms with Crippen molar-refractivity contribution >= 4 is 6.09 Å². The van der Waals surface area contributed by atoms with E-state index in [1.54, 1.807) is 0 Å². The lowest BCUT2D eigenvalue weighted by atomic mass is 9.59. The highest BCUT2D eigenvalue weighted by Gasteiger charge is 2.47. The lowest BCUT2D eigenvalue weighted by molar-refractivity contribution is 0.00812. The number of nitrogens with one attached hydrogen (secondary N) is 2. The molecule has 0 aromatic heterocycles. The third-order valence-electron chi connectivity index (χ3n) is 3.96. The Morgan fingerprint density at radius 3 is 2.41 bits per heavy atom. The molecule has 1 saturated carbocycles. The van der Waals surface area contributed by atoms with Crippen molar-refractivity contribution in [2.75, 3.05) is 13.1 Å². The maximum Gasteiger partial charge on any atom is 0.407 e. The second-order valence-corrected chi connectivity index (χ2v) is 6.35. The maximum absolute atomic E-state index is 11.7. The van der Waals surface area contributed by atoms with Crippen LogP contribution in [0.3, 0.4) is 0 Å². The van der Waals surface area contributed by atoms with Crippen molar-refractivity contribution < 1.29 is 9.53 Å². The number of hydrogen-bond acceptors (Lipinski definition) is 3. The van der Waals surface area contributed by atoms with Crippen molar-refractivity contribution in [3.63, 3.8) is 0 Å². The minimum atomic E-state index is -0.408. The monoisotopic (exact) mass is 240 g/mol. The van der Waals surface area contributed by atoms with Crippen molar-refractivity contribution in [3.05, 3.63) is 0 Å². The van der Waals surface area contributed by atoms with Crippen LogP contribution in [0, 0.1) is 5.41 Å². The first-order valence-electron chi connectivity index (χ1n) is 6.62. The van der Waals surface area contributed by atoms with Gasteiger partial charge in [0, 0.05) is 6.04 Å². The van der Waals surface area contributed by atoms with Crippen LogP contribution >= 0.6 is 0 Å². The minimum absolute atomic E-state index is 0.264. The Hall–Kier alpha value is -0.770. The fourth-order valence-electron chi connectivity index (χ4n) is 2.90. The third kappa shape index (κ3) is 2.92. The van der Waals surface area contributed by atoms with Crippen molar-refractivity contribution in [1.29, 1.82) is 0 Å². The van der Waals surface area contributed by atoms with E-state index in [0.29, 0.717) is 11.5 Å². The molecule has 1 heterocycles. The zero-order valence-corrected chi connectivity index (χ0v) is 11.1. The molecular weight excluding hydrogens is 216 g/mol. The number of carbonyl (C=O) groups excluding carboxylic acids is 1. The average molecular weight is 240 g/mol. The summed E-state index contributed by atoms with van der Waals surface area (Å²) in [6.07, 6.45) is 4.43. The van der Waals surface area contributed by atoms with Crippen LogP contribution in [0.1, 0.15) is 46.5 Å². The Bertz CT molecular complexity index is 290. The van der Waals surface area contributed by atoms with Gasteiger partial charge in [-0.25, -0.2) is 4.79 Å². The highest BCUT2D eigenvalue weighted by atomic mass is 16.6. The number of carbonyl (C=O) groups is 1. The van der Waals surface area contributed by atoms with Crippen LogP contribution in [-0.4, -0.2) is 30.8 Å². The number of piperidine rings is 1. The topological polar surface area (TPSA) is 50.4 Å². The Morgan fingerprint density at radius 2 is 1.94 bits per heavy atom. The van der Waals surface area contributed by atoms with E-state index in [-0.39, 0.29) is 6.09 Å². The normalized spacial score (nSPS) is 27.4. The molecule has 0 unspecified atom stereocenters. The quantitative estimate of drug-likeness (QED) is 0.737. The van der Waals surface area contributed by atoms with Gasteiger partial charge < -0.3 is 15.4 Å². The summed E-state index contributed by atoms with van der Waals surface area (Å²) >= 11 is 0. The summed E-state index contributed by atoms with van der Waals surface area (Å²) in [5.41, 5.74) is -0.0583. The Morgan fingerprint density at radius 1 is 1.29 bits per heavy atom. The largest absolute Gasteiger partial charge is 0.444 e. The summed E-state index contributed by atoms with van der Waals surface area (Å²) in [7, 11) is 0. The molecule has 1 saturated heterocycles. The molecule has 2 rings (SSSR count). The first-order valence-corrected chi connectivity index (χ1v) is 6.62. The molecule has 0 radical (unpaired) electrons. The van der Waals surface area contributed by atoms with Gasteiger partial charge in [0.05, 0.1) is 0 Å². The van der Waals surface area contributed by atoms with Crippen molar-refractivity contribution in [2.24, 2.45) is 5.41 Å². The summed E-state index contributed by atoms with van der Waals surface area (Å²) in [5, 5.41) is 6.42. The molecule has 1 amide bonds. The van der Waals surface area contributed by atoms with E-state index in [1.807, 2.05) is 20.8 Å². The van der Waals surface area contributed by atoms with E-state index in [0.717, 1.165) is 19.5 Å². The van der Waals surface area contributed by atoms with E-state index in [9.17, 15) is 4.79 Å². The van der Waals surface area contributed by atoms with E-state index in [4.69, 9.17) is 4.74 Å². The molecule has 4 nitrogen and oxygen atoms in total. The SMILES string of the molecule is CC(C)(C)OC(=O)N[C@H]1CCC12CCNCC2. The second kappa shape index (κ2) is 4.48. The molecule has 2 fully saturated rings. The van der Waals surface area contributed by atoms with E-state index in [2.05, 4.69) is 10.6 Å². The molecule has 0 bridgehead atoms. The fourth-order valence-corrected chi connectivity index (χ4v) is 2.90. The van der Waals surface area contributed by atoms with E-state index >= 15 is 0 Å². The predicted molar refractivity (Wildman–Crippen MR) is 66.9 cm³/mol. The molecular formula is C13H24N2O2. The molecule has 2 aliphatic rings. The standard InChI is InChI=1S/C13H24N2O2/c1-12(2,3)17-11(16)15-10-4-5-13(10)6-8-14-9-7-13/h10,14H,4-9H2,1-3H3,(H,15,16)/t10-/m0/s1. The van der Waals surface area contributed by atoms with Crippen LogP contribution in [0.5, 0.6) is 0 Å². The average Bonchev–Trinajstić information content (AvgIpc) is 2.23. The fraction of sp³-hybridized carbons (Fsp3) is 0.923. The summed E-state index contributed by atoms with van der Waals surface area (Å²) in [4.78, 5) is 11.7.